The van der Waals surface area contributed by atoms with E-state index in [0.29, 0.717) is 11.7 Å². The Labute approximate surface area is 113 Å². The van der Waals surface area contributed by atoms with E-state index in [2.05, 4.69) is 22.2 Å². The fraction of sp³-hybridized carbons (Fsp3) is 0.692. The summed E-state index contributed by atoms with van der Waals surface area (Å²) in [5, 5.41) is 30.8. The molecule has 0 aliphatic heterocycles. The van der Waals surface area contributed by atoms with Crippen molar-refractivity contribution in [1.82, 2.24) is 15.3 Å². The van der Waals surface area contributed by atoms with Crippen LogP contribution in [-0.4, -0.2) is 57.2 Å². The molecule has 6 nitrogen and oxygen atoms in total. The average Bonchev–Trinajstić information content (AvgIpc) is 2.45. The van der Waals surface area contributed by atoms with Crippen LogP contribution < -0.4 is 5.32 Å². The second kappa shape index (κ2) is 8.16. The predicted molar refractivity (Wildman–Crippen MR) is 71.7 cm³/mol. The zero-order valence-electron chi connectivity index (χ0n) is 11.5. The molecule has 3 atom stereocenters. The molecule has 0 fully saturated rings. The van der Waals surface area contributed by atoms with Gasteiger partial charge < -0.3 is 20.6 Å². The minimum atomic E-state index is -1.14. The maximum atomic E-state index is 9.57. The number of hydrogen-bond acceptors (Lipinski definition) is 6. The topological polar surface area (TPSA) is 98.5 Å². The number of aliphatic hydroxyl groups excluding tert-OH is 3. The standard InChI is InChI=1S/C13H23N3O3/c1-3-9(14-2)4-10-6-16-11(7-15-10)5-12(18)13(19)8-17/h6-7,9,12-14,17-19H,3-5,8H2,1-2H3/t9-,12+,13-/m1/s1. The van der Waals surface area contributed by atoms with Crippen LogP contribution in [0.15, 0.2) is 12.4 Å². The molecule has 0 bridgehead atoms. The molecule has 0 saturated carbocycles. The molecule has 1 aromatic heterocycles. The van der Waals surface area contributed by atoms with Crippen LogP contribution in [0.1, 0.15) is 24.7 Å². The Hall–Kier alpha value is -1.08. The molecule has 4 N–H and O–H groups in total. The smallest absolute Gasteiger partial charge is 0.103 e. The van der Waals surface area contributed by atoms with Crippen molar-refractivity contribution in [1.29, 1.82) is 0 Å². The third kappa shape index (κ3) is 5.20. The van der Waals surface area contributed by atoms with Gasteiger partial charge in [-0.25, -0.2) is 0 Å². The van der Waals surface area contributed by atoms with Gasteiger partial charge in [-0.2, -0.15) is 0 Å². The van der Waals surface area contributed by atoms with E-state index in [1.54, 1.807) is 12.4 Å². The highest BCUT2D eigenvalue weighted by atomic mass is 16.4. The van der Waals surface area contributed by atoms with Gasteiger partial charge in [0.05, 0.1) is 24.1 Å². The predicted octanol–water partition coefficient (Wildman–Crippen LogP) is -0.726. The quantitative estimate of drug-likeness (QED) is 0.497. The van der Waals surface area contributed by atoms with Crippen LogP contribution in [0.4, 0.5) is 0 Å². The third-order valence-corrected chi connectivity index (χ3v) is 3.16. The fourth-order valence-corrected chi connectivity index (χ4v) is 1.77. The van der Waals surface area contributed by atoms with Crippen LogP contribution in [0, 0.1) is 0 Å². The molecule has 1 aromatic rings. The Kier molecular flexibility index (Phi) is 6.86. The summed E-state index contributed by atoms with van der Waals surface area (Å²) in [4.78, 5) is 8.51. The zero-order chi connectivity index (χ0) is 14.3. The van der Waals surface area contributed by atoms with E-state index in [4.69, 9.17) is 5.11 Å². The summed E-state index contributed by atoms with van der Waals surface area (Å²) in [7, 11) is 1.92. The van der Waals surface area contributed by atoms with E-state index in [9.17, 15) is 10.2 Å². The van der Waals surface area contributed by atoms with Crippen molar-refractivity contribution in [3.05, 3.63) is 23.8 Å². The minimum absolute atomic E-state index is 0.179. The van der Waals surface area contributed by atoms with E-state index < -0.39 is 18.8 Å². The van der Waals surface area contributed by atoms with Gasteiger partial charge in [-0.1, -0.05) is 6.92 Å². The van der Waals surface area contributed by atoms with Gasteiger partial charge in [-0.15, -0.1) is 0 Å². The first-order valence-electron chi connectivity index (χ1n) is 6.54. The Bertz CT molecular complexity index is 355. The van der Waals surface area contributed by atoms with Gasteiger partial charge in [0, 0.05) is 31.3 Å². The monoisotopic (exact) mass is 269 g/mol. The molecule has 1 rings (SSSR count). The van der Waals surface area contributed by atoms with Gasteiger partial charge in [0.15, 0.2) is 0 Å². The van der Waals surface area contributed by atoms with E-state index in [0.717, 1.165) is 18.5 Å². The molecule has 0 saturated heterocycles. The lowest BCUT2D eigenvalue weighted by Crippen LogP contribution is -2.31. The molecule has 0 aliphatic rings. The Morgan fingerprint density at radius 1 is 1.11 bits per heavy atom. The van der Waals surface area contributed by atoms with Crippen LogP contribution in [0.2, 0.25) is 0 Å². The first-order chi connectivity index (χ1) is 9.10. The summed E-state index contributed by atoms with van der Waals surface area (Å²) in [5.74, 6) is 0. The van der Waals surface area contributed by atoms with Gasteiger partial charge in [0.2, 0.25) is 0 Å². The van der Waals surface area contributed by atoms with E-state index in [1.165, 1.54) is 0 Å². The molecule has 6 heteroatoms. The molecule has 0 aromatic carbocycles. The van der Waals surface area contributed by atoms with Gasteiger partial charge >= 0.3 is 0 Å². The van der Waals surface area contributed by atoms with Crippen molar-refractivity contribution in [3.8, 4) is 0 Å². The molecule has 0 spiro atoms. The van der Waals surface area contributed by atoms with E-state index >= 15 is 0 Å². The molecular formula is C13H23N3O3. The highest BCUT2D eigenvalue weighted by Crippen LogP contribution is 2.06. The maximum absolute atomic E-state index is 9.57. The number of rotatable bonds is 8. The highest BCUT2D eigenvalue weighted by molar-refractivity contribution is 5.05. The number of aromatic nitrogens is 2. The summed E-state index contributed by atoms with van der Waals surface area (Å²) in [6.07, 6.45) is 3.13. The van der Waals surface area contributed by atoms with Gasteiger partial charge in [-0.3, -0.25) is 9.97 Å². The normalized spacial score (nSPS) is 16.1. The molecule has 0 amide bonds. The van der Waals surface area contributed by atoms with Crippen LogP contribution >= 0.6 is 0 Å². The van der Waals surface area contributed by atoms with Gasteiger partial charge in [0.1, 0.15) is 6.10 Å². The molecule has 19 heavy (non-hydrogen) atoms. The van der Waals surface area contributed by atoms with Crippen molar-refractivity contribution < 1.29 is 15.3 Å². The number of aliphatic hydroxyl groups is 3. The van der Waals surface area contributed by atoms with E-state index in [1.807, 2.05) is 7.05 Å². The number of nitrogens with one attached hydrogen (secondary N) is 1. The van der Waals surface area contributed by atoms with Crippen molar-refractivity contribution in [3.63, 3.8) is 0 Å². The summed E-state index contributed by atoms with van der Waals surface area (Å²) >= 11 is 0. The largest absolute Gasteiger partial charge is 0.394 e. The van der Waals surface area contributed by atoms with Crippen molar-refractivity contribution >= 4 is 0 Å². The Morgan fingerprint density at radius 2 is 1.68 bits per heavy atom. The number of likely N-dealkylation sites (N-methyl/N-ethyl adjacent to an activating group) is 1. The third-order valence-electron chi connectivity index (χ3n) is 3.16. The fourth-order valence-electron chi connectivity index (χ4n) is 1.77. The first kappa shape index (κ1) is 16.0. The lowest BCUT2D eigenvalue weighted by Gasteiger charge is -2.15. The summed E-state index contributed by atoms with van der Waals surface area (Å²) in [6, 6.07) is 0.377. The van der Waals surface area contributed by atoms with E-state index in [-0.39, 0.29) is 6.42 Å². The summed E-state index contributed by atoms with van der Waals surface area (Å²) < 4.78 is 0. The Balaban J connectivity index is 2.56. The molecule has 0 radical (unpaired) electrons. The number of nitrogens with zero attached hydrogens (tertiary/aromatic N) is 2. The van der Waals surface area contributed by atoms with Crippen LogP contribution in [0.5, 0.6) is 0 Å². The maximum Gasteiger partial charge on any atom is 0.103 e. The Morgan fingerprint density at radius 3 is 2.11 bits per heavy atom. The second-order valence-electron chi connectivity index (χ2n) is 4.62. The zero-order valence-corrected chi connectivity index (χ0v) is 11.5. The van der Waals surface area contributed by atoms with Crippen molar-refractivity contribution in [2.45, 2.75) is 44.4 Å². The lowest BCUT2D eigenvalue weighted by atomic mass is 10.1. The molecule has 108 valence electrons. The van der Waals surface area contributed by atoms with Gasteiger partial charge in [0.25, 0.3) is 0 Å². The average molecular weight is 269 g/mol. The lowest BCUT2D eigenvalue weighted by molar-refractivity contribution is -0.0137. The number of hydrogen-bond donors (Lipinski definition) is 4. The first-order valence-corrected chi connectivity index (χ1v) is 6.54. The van der Waals surface area contributed by atoms with Crippen LogP contribution in [0.3, 0.4) is 0 Å². The SMILES string of the molecule is CC[C@H](Cc1cnc(C[C@H](O)[C@H](O)CO)cn1)NC. The molecule has 0 unspecified atom stereocenters. The summed E-state index contributed by atoms with van der Waals surface area (Å²) in [5.41, 5.74) is 1.49. The molecule has 0 aliphatic carbocycles. The second-order valence-corrected chi connectivity index (χ2v) is 4.62. The summed E-state index contributed by atoms with van der Waals surface area (Å²) in [6.45, 7) is 1.64. The van der Waals surface area contributed by atoms with Crippen LogP contribution in [0.25, 0.3) is 0 Å². The minimum Gasteiger partial charge on any atom is -0.394 e. The van der Waals surface area contributed by atoms with Crippen molar-refractivity contribution in [2.24, 2.45) is 0 Å². The molecular weight excluding hydrogens is 246 g/mol. The van der Waals surface area contributed by atoms with Crippen LogP contribution in [-0.2, 0) is 12.8 Å². The van der Waals surface area contributed by atoms with Crippen molar-refractivity contribution in [2.75, 3.05) is 13.7 Å². The highest BCUT2D eigenvalue weighted by Gasteiger charge is 2.16. The molecule has 1 heterocycles. The van der Waals surface area contributed by atoms with Gasteiger partial charge in [-0.05, 0) is 13.5 Å².